The van der Waals surface area contributed by atoms with Crippen molar-refractivity contribution in [1.82, 2.24) is 20.2 Å². The molecule has 12 heteroatoms. The van der Waals surface area contributed by atoms with Gasteiger partial charge in [0.25, 0.3) is 5.92 Å². The van der Waals surface area contributed by atoms with Crippen molar-refractivity contribution in [3.05, 3.63) is 23.9 Å². The molecule has 1 aliphatic carbocycles. The van der Waals surface area contributed by atoms with E-state index in [9.17, 15) is 14.4 Å². The number of carbonyl (C=O) groups excluding carboxylic acids is 3. The van der Waals surface area contributed by atoms with E-state index in [2.05, 4.69) is 15.3 Å². The fourth-order valence-electron chi connectivity index (χ4n) is 6.19. The number of ether oxygens (including phenoxy) is 3. The normalized spacial score (nSPS) is 29.7. The molecule has 43 heavy (non-hydrogen) atoms. The van der Waals surface area contributed by atoms with Crippen LogP contribution in [-0.4, -0.2) is 71.1 Å². The minimum atomic E-state index is -3.35. The zero-order valence-electron chi connectivity index (χ0n) is 25.3. The van der Waals surface area contributed by atoms with E-state index in [1.54, 1.807) is 18.2 Å². The second-order valence-corrected chi connectivity index (χ2v) is 12.9. The third-order valence-electron chi connectivity index (χ3n) is 8.80. The molecule has 1 saturated heterocycles. The summed E-state index contributed by atoms with van der Waals surface area (Å²) in [6.07, 6.45) is 0.830. The van der Waals surface area contributed by atoms with Gasteiger partial charge in [-0.2, -0.15) is 8.78 Å². The van der Waals surface area contributed by atoms with Gasteiger partial charge in [-0.1, -0.05) is 34.1 Å². The quantitative estimate of drug-likeness (QED) is 0.487. The Kier molecular flexibility index (Phi) is 8.50. The van der Waals surface area contributed by atoms with Crippen LogP contribution in [0.1, 0.15) is 71.9 Å². The monoisotopic (exact) mass is 602 g/mol. The van der Waals surface area contributed by atoms with Crippen LogP contribution in [0.15, 0.2) is 18.2 Å². The van der Waals surface area contributed by atoms with Crippen molar-refractivity contribution in [3.63, 3.8) is 0 Å². The number of nitrogens with zero attached hydrogens (tertiary/aromatic N) is 3. The number of hydrogen-bond acceptors (Lipinski definition) is 8. The Morgan fingerprint density at radius 2 is 1.91 bits per heavy atom. The number of rotatable bonds is 3. The molecular formula is C31H40F2N4O6. The highest BCUT2D eigenvalue weighted by atomic mass is 19.3. The van der Waals surface area contributed by atoms with E-state index >= 15 is 8.78 Å². The molecule has 1 saturated carbocycles. The van der Waals surface area contributed by atoms with Crippen molar-refractivity contribution < 1.29 is 37.4 Å². The van der Waals surface area contributed by atoms with Crippen LogP contribution in [0, 0.1) is 17.3 Å². The van der Waals surface area contributed by atoms with E-state index in [-0.39, 0.29) is 36.4 Å². The number of benzene rings is 1. The van der Waals surface area contributed by atoms with Gasteiger partial charge in [-0.15, -0.1) is 0 Å². The Morgan fingerprint density at radius 3 is 2.58 bits per heavy atom. The molecule has 3 aliphatic rings. The molecule has 2 bridgehead atoms. The van der Waals surface area contributed by atoms with Crippen LogP contribution in [-0.2, 0) is 20.2 Å². The summed E-state index contributed by atoms with van der Waals surface area (Å²) < 4.78 is 48.8. The first-order valence-electron chi connectivity index (χ1n) is 15.0. The number of methoxy groups -OCH3 is 1. The molecule has 6 atom stereocenters. The summed E-state index contributed by atoms with van der Waals surface area (Å²) >= 11 is 0. The third kappa shape index (κ3) is 6.38. The molecule has 2 aliphatic heterocycles. The topological polar surface area (TPSA) is 120 Å². The Balaban J connectivity index is 1.57. The Labute approximate surface area is 249 Å². The predicted molar refractivity (Wildman–Crippen MR) is 153 cm³/mol. The van der Waals surface area contributed by atoms with Gasteiger partial charge >= 0.3 is 6.09 Å². The maximum absolute atomic E-state index is 15.9. The van der Waals surface area contributed by atoms with Crippen LogP contribution >= 0.6 is 0 Å². The van der Waals surface area contributed by atoms with Gasteiger partial charge < -0.3 is 29.2 Å². The molecule has 2 aromatic rings. The summed E-state index contributed by atoms with van der Waals surface area (Å²) in [6.45, 7) is 7.22. The summed E-state index contributed by atoms with van der Waals surface area (Å²) in [4.78, 5) is 49.4. The molecule has 0 radical (unpaired) electrons. The van der Waals surface area contributed by atoms with E-state index in [1.165, 1.54) is 12.0 Å². The predicted octanol–water partition coefficient (Wildman–Crippen LogP) is 5.02. The van der Waals surface area contributed by atoms with Crippen LogP contribution < -0.4 is 14.8 Å². The molecule has 0 spiro atoms. The van der Waals surface area contributed by atoms with Crippen molar-refractivity contribution >= 4 is 29.3 Å². The van der Waals surface area contributed by atoms with Gasteiger partial charge in [-0.3, -0.25) is 4.79 Å². The van der Waals surface area contributed by atoms with Crippen molar-refractivity contribution in [2.45, 2.75) is 96.4 Å². The smallest absolute Gasteiger partial charge is 0.408 e. The average molecular weight is 603 g/mol. The fourth-order valence-corrected chi connectivity index (χ4v) is 6.19. The Morgan fingerprint density at radius 1 is 1.14 bits per heavy atom. The first-order valence-corrected chi connectivity index (χ1v) is 15.0. The first kappa shape index (κ1) is 30.9. The number of aldehydes is 1. The minimum Gasteiger partial charge on any atom is -0.497 e. The molecule has 2 fully saturated rings. The number of aromatic nitrogens is 2. The highest BCUT2D eigenvalue weighted by Gasteiger charge is 2.50. The van der Waals surface area contributed by atoms with Gasteiger partial charge in [0.2, 0.25) is 11.8 Å². The van der Waals surface area contributed by atoms with Crippen LogP contribution in [0.5, 0.6) is 11.6 Å². The average Bonchev–Trinajstić information content (AvgIpc) is 3.59. The summed E-state index contributed by atoms with van der Waals surface area (Å²) in [5.41, 5.74) is -0.697. The van der Waals surface area contributed by atoms with E-state index in [4.69, 9.17) is 14.2 Å². The number of amides is 2. The lowest BCUT2D eigenvalue weighted by Crippen LogP contribution is -2.56. The molecule has 2 amide bonds. The summed E-state index contributed by atoms with van der Waals surface area (Å²) in [6, 6.07) is 2.91. The van der Waals surface area contributed by atoms with Gasteiger partial charge in [0.05, 0.1) is 30.7 Å². The number of alkyl halides is 2. The minimum absolute atomic E-state index is 0.0579. The number of nitrogens with one attached hydrogen (secondary N) is 1. The Hall–Kier alpha value is -3.57. The summed E-state index contributed by atoms with van der Waals surface area (Å²) in [7, 11) is 1.49. The van der Waals surface area contributed by atoms with Crippen LogP contribution in [0.2, 0.25) is 0 Å². The maximum atomic E-state index is 15.9. The summed E-state index contributed by atoms with van der Waals surface area (Å²) in [5, 5.41) is 2.74. The second-order valence-electron chi connectivity index (χ2n) is 12.9. The van der Waals surface area contributed by atoms with Crippen molar-refractivity contribution in [1.29, 1.82) is 0 Å². The standard InChI is InChI=1S/C31H40F2N4O6/c1-6-19-22(16-38)37-15-24(19)42-27-25(34-20-11-10-18(41-5)14-21(20)35-27)31(32,33)12-8-7-9-17-13-23(17)43-29(40)36-26(28(37)39)30(2,3)4/h10-11,14,16-17,19,22-24,26H,6-9,12-13,15H2,1-5H3,(H,36,40)/t17-,19+,22-,23-,24+,26-/m1/s1. The van der Waals surface area contributed by atoms with Crippen molar-refractivity contribution in [2.75, 3.05) is 13.7 Å². The van der Waals surface area contributed by atoms with E-state index in [0.717, 1.165) is 0 Å². The SMILES string of the molecule is CC[C@@H]1[C@@H]2CN(C(=O)[C@H](C(C)(C)C)NC(=O)O[C@@H]3C[C@H]3CCCCC(F)(F)c3nc4ccc(OC)cc4nc3O2)[C@@H]1C=O. The van der Waals surface area contributed by atoms with Gasteiger partial charge in [0.15, 0.2) is 5.69 Å². The lowest BCUT2D eigenvalue weighted by atomic mass is 9.85. The number of halogens is 2. The lowest BCUT2D eigenvalue weighted by molar-refractivity contribution is -0.139. The zero-order chi connectivity index (χ0) is 31.1. The molecule has 1 N–H and O–H groups in total. The van der Waals surface area contributed by atoms with Crippen LogP contribution in [0.4, 0.5) is 13.6 Å². The van der Waals surface area contributed by atoms with Crippen LogP contribution in [0.3, 0.4) is 0 Å². The molecule has 1 aromatic heterocycles. The second kappa shape index (κ2) is 11.8. The molecular weight excluding hydrogens is 562 g/mol. The van der Waals surface area contributed by atoms with Gasteiger partial charge in [-0.25, -0.2) is 14.8 Å². The third-order valence-corrected chi connectivity index (χ3v) is 8.80. The number of hydrogen-bond donors (Lipinski definition) is 1. The molecule has 234 valence electrons. The number of fused-ring (bicyclic) bond motifs is 5. The molecule has 1 aromatic carbocycles. The van der Waals surface area contributed by atoms with Gasteiger partial charge in [0.1, 0.15) is 30.3 Å². The molecule has 10 nitrogen and oxygen atoms in total. The largest absolute Gasteiger partial charge is 0.497 e. The highest BCUT2D eigenvalue weighted by molar-refractivity contribution is 5.89. The van der Waals surface area contributed by atoms with Crippen molar-refractivity contribution in [3.8, 4) is 11.6 Å². The number of carbonyl (C=O) groups is 3. The van der Waals surface area contributed by atoms with Gasteiger partial charge in [-0.05, 0) is 49.1 Å². The lowest BCUT2D eigenvalue weighted by Gasteiger charge is -2.34. The first-order chi connectivity index (χ1) is 20.4. The molecule has 5 rings (SSSR count). The van der Waals surface area contributed by atoms with E-state index in [1.807, 2.05) is 27.7 Å². The summed E-state index contributed by atoms with van der Waals surface area (Å²) in [5.74, 6) is -4.09. The van der Waals surface area contributed by atoms with Crippen molar-refractivity contribution in [2.24, 2.45) is 17.3 Å². The maximum Gasteiger partial charge on any atom is 0.408 e. The van der Waals surface area contributed by atoms with Crippen LogP contribution in [0.25, 0.3) is 11.0 Å². The Bertz CT molecular complexity index is 1380. The molecule has 0 unspecified atom stereocenters. The highest BCUT2D eigenvalue weighted by Crippen LogP contribution is 2.43. The number of alkyl carbamates (subject to hydrolysis) is 1. The zero-order valence-corrected chi connectivity index (χ0v) is 25.3. The van der Waals surface area contributed by atoms with E-state index in [0.29, 0.717) is 43.2 Å². The molecule has 3 heterocycles. The van der Waals surface area contributed by atoms with Gasteiger partial charge in [0, 0.05) is 18.4 Å². The fraction of sp³-hybridized carbons (Fsp3) is 0.645. The van der Waals surface area contributed by atoms with E-state index < -0.39 is 59.6 Å².